The van der Waals surface area contributed by atoms with Crippen LogP contribution in [0.1, 0.15) is 65.7 Å². The number of hydrogen-bond donors (Lipinski definition) is 0. The minimum Gasteiger partial charge on any atom is -0.490 e. The third-order valence-electron chi connectivity index (χ3n) is 5.29. The molecule has 0 aliphatic heterocycles. The van der Waals surface area contributed by atoms with Crippen LogP contribution in [0.4, 0.5) is 0 Å². The predicted octanol–water partition coefficient (Wildman–Crippen LogP) is 6.46. The Kier molecular flexibility index (Phi) is 11.7. The van der Waals surface area contributed by atoms with Crippen molar-refractivity contribution in [2.75, 3.05) is 19.8 Å². The molecule has 1 aromatic heterocycles. The first-order valence-corrected chi connectivity index (χ1v) is 11.6. The van der Waals surface area contributed by atoms with E-state index < -0.39 is 0 Å². The first-order valence-electron chi connectivity index (χ1n) is 11.6. The van der Waals surface area contributed by atoms with E-state index in [0.29, 0.717) is 31.3 Å². The maximum Gasteiger partial charge on any atom is 0.311 e. The molecule has 5 heteroatoms. The van der Waals surface area contributed by atoms with Gasteiger partial charge in [0.15, 0.2) is 0 Å². The zero-order valence-electron chi connectivity index (χ0n) is 19.3. The summed E-state index contributed by atoms with van der Waals surface area (Å²) in [6.07, 6.45) is 8.95. The van der Waals surface area contributed by atoms with Crippen LogP contribution < -0.4 is 9.47 Å². The molecule has 0 fully saturated rings. The van der Waals surface area contributed by atoms with Gasteiger partial charge in [-0.3, -0.25) is 9.78 Å². The van der Waals surface area contributed by atoms with Crippen LogP contribution in [0.2, 0.25) is 0 Å². The van der Waals surface area contributed by atoms with Crippen LogP contribution in [0.25, 0.3) is 11.3 Å². The average Bonchev–Trinajstić information content (AvgIpc) is 2.80. The quantitative estimate of drug-likeness (QED) is 0.186. The summed E-state index contributed by atoms with van der Waals surface area (Å²) in [7, 11) is 0. The second kappa shape index (κ2) is 14.6. The molecule has 1 aromatic carbocycles. The minimum absolute atomic E-state index is 0.183. The molecular formula is C26H37NO4. The molecule has 31 heavy (non-hydrogen) atoms. The molecule has 0 amide bonds. The van der Waals surface area contributed by atoms with Crippen LogP contribution in [-0.4, -0.2) is 30.8 Å². The van der Waals surface area contributed by atoms with E-state index >= 15 is 0 Å². The van der Waals surface area contributed by atoms with Crippen LogP contribution in [0.15, 0.2) is 42.6 Å². The maximum absolute atomic E-state index is 12.0. The molecule has 0 aliphatic rings. The molecule has 1 heterocycles. The van der Waals surface area contributed by atoms with E-state index in [2.05, 4.69) is 25.8 Å². The lowest BCUT2D eigenvalue weighted by Crippen LogP contribution is -2.09. The Balaban J connectivity index is 1.72. The molecule has 2 rings (SSSR count). The largest absolute Gasteiger partial charge is 0.490 e. The van der Waals surface area contributed by atoms with Gasteiger partial charge in [-0.05, 0) is 55.2 Å². The van der Waals surface area contributed by atoms with Gasteiger partial charge in [-0.25, -0.2) is 0 Å². The Hall–Kier alpha value is -2.40. The van der Waals surface area contributed by atoms with Gasteiger partial charge in [0.2, 0.25) is 0 Å². The van der Waals surface area contributed by atoms with Crippen molar-refractivity contribution in [3.05, 3.63) is 42.6 Å². The third kappa shape index (κ3) is 9.97. The van der Waals surface area contributed by atoms with Gasteiger partial charge in [-0.15, -0.1) is 0 Å². The highest BCUT2D eigenvalue weighted by Gasteiger charge is 2.08. The lowest BCUT2D eigenvalue weighted by molar-refractivity contribution is -0.134. The molecule has 170 valence electrons. The smallest absolute Gasteiger partial charge is 0.311 e. The number of esters is 1. The fourth-order valence-corrected chi connectivity index (χ4v) is 3.03. The van der Waals surface area contributed by atoms with Crippen molar-refractivity contribution in [1.29, 1.82) is 0 Å². The number of pyridine rings is 1. The van der Waals surface area contributed by atoms with E-state index in [1.54, 1.807) is 18.3 Å². The lowest BCUT2D eigenvalue weighted by atomic mass is 10.0. The molecule has 0 saturated heterocycles. The van der Waals surface area contributed by atoms with E-state index in [1.165, 1.54) is 19.3 Å². The molecular weight excluding hydrogens is 390 g/mol. The summed E-state index contributed by atoms with van der Waals surface area (Å²) >= 11 is 0. The molecule has 1 unspecified atom stereocenters. The molecule has 0 bridgehead atoms. The van der Waals surface area contributed by atoms with Gasteiger partial charge >= 0.3 is 5.97 Å². The highest BCUT2D eigenvalue weighted by Crippen LogP contribution is 2.23. The van der Waals surface area contributed by atoms with E-state index in [1.807, 2.05) is 24.3 Å². The van der Waals surface area contributed by atoms with Crippen molar-refractivity contribution in [2.45, 2.75) is 65.7 Å². The maximum atomic E-state index is 12.0. The van der Waals surface area contributed by atoms with Gasteiger partial charge in [0.05, 0.1) is 18.5 Å². The normalized spacial score (nSPS) is 11.8. The van der Waals surface area contributed by atoms with Gasteiger partial charge in [-0.2, -0.15) is 0 Å². The monoisotopic (exact) mass is 427 g/mol. The fraction of sp³-hybridized carbons (Fsp3) is 0.538. The van der Waals surface area contributed by atoms with Crippen molar-refractivity contribution >= 4 is 5.97 Å². The van der Waals surface area contributed by atoms with Crippen LogP contribution in [0.5, 0.6) is 11.5 Å². The molecule has 0 spiro atoms. The second-order valence-electron chi connectivity index (χ2n) is 7.95. The van der Waals surface area contributed by atoms with Crippen LogP contribution in [0.3, 0.4) is 0 Å². The summed E-state index contributed by atoms with van der Waals surface area (Å²) < 4.78 is 16.7. The molecule has 0 N–H and O–H groups in total. The molecule has 0 aliphatic carbocycles. The summed E-state index contributed by atoms with van der Waals surface area (Å²) in [6.45, 7) is 8.39. The van der Waals surface area contributed by atoms with Gasteiger partial charge in [0.25, 0.3) is 0 Å². The minimum atomic E-state index is -0.183. The van der Waals surface area contributed by atoms with E-state index in [4.69, 9.17) is 14.2 Å². The number of ether oxygens (including phenoxy) is 3. The Bertz CT molecular complexity index is 743. The second-order valence-corrected chi connectivity index (χ2v) is 7.95. The van der Waals surface area contributed by atoms with Gasteiger partial charge in [0, 0.05) is 18.6 Å². The number of carbonyl (C=O) groups is 1. The van der Waals surface area contributed by atoms with Crippen molar-refractivity contribution in [3.8, 4) is 22.8 Å². The van der Waals surface area contributed by atoms with Crippen molar-refractivity contribution in [3.63, 3.8) is 0 Å². The Morgan fingerprint density at radius 2 is 1.71 bits per heavy atom. The van der Waals surface area contributed by atoms with Crippen LogP contribution in [0, 0.1) is 5.92 Å². The standard InChI is InChI=1S/C26H37NO4/c1-4-6-7-8-17-29-18-19-30-24-14-15-25(27-20-24)22-10-12-23(13-11-22)31-26(28)16-9-21(3)5-2/h10-15,20-21H,4-9,16-19H2,1-3H3. The van der Waals surface area contributed by atoms with Crippen molar-refractivity contribution in [1.82, 2.24) is 4.98 Å². The number of nitrogens with zero attached hydrogens (tertiary/aromatic N) is 1. The Labute approximate surface area is 187 Å². The Morgan fingerprint density at radius 1 is 0.935 bits per heavy atom. The highest BCUT2D eigenvalue weighted by molar-refractivity contribution is 5.72. The Morgan fingerprint density at radius 3 is 2.39 bits per heavy atom. The van der Waals surface area contributed by atoms with Gasteiger partial charge < -0.3 is 14.2 Å². The molecule has 0 saturated carbocycles. The zero-order chi connectivity index (χ0) is 22.3. The van der Waals surface area contributed by atoms with Crippen molar-refractivity contribution in [2.24, 2.45) is 5.92 Å². The number of benzene rings is 1. The molecule has 0 radical (unpaired) electrons. The number of carbonyl (C=O) groups excluding carboxylic acids is 1. The summed E-state index contributed by atoms with van der Waals surface area (Å²) in [5, 5.41) is 0. The van der Waals surface area contributed by atoms with Crippen LogP contribution in [-0.2, 0) is 9.53 Å². The summed E-state index contributed by atoms with van der Waals surface area (Å²) in [4.78, 5) is 16.4. The highest BCUT2D eigenvalue weighted by atomic mass is 16.5. The predicted molar refractivity (Wildman–Crippen MR) is 124 cm³/mol. The fourth-order valence-electron chi connectivity index (χ4n) is 3.03. The summed E-state index contributed by atoms with van der Waals surface area (Å²) in [5.41, 5.74) is 1.80. The number of hydrogen-bond acceptors (Lipinski definition) is 5. The topological polar surface area (TPSA) is 57.7 Å². The van der Waals surface area contributed by atoms with E-state index in [-0.39, 0.29) is 5.97 Å². The molecule has 2 aromatic rings. The van der Waals surface area contributed by atoms with Gasteiger partial charge in [-0.1, -0.05) is 46.5 Å². The molecule has 5 nitrogen and oxygen atoms in total. The summed E-state index contributed by atoms with van der Waals surface area (Å²) in [5.74, 6) is 1.64. The zero-order valence-corrected chi connectivity index (χ0v) is 19.3. The van der Waals surface area contributed by atoms with E-state index in [9.17, 15) is 4.79 Å². The number of unbranched alkanes of at least 4 members (excludes halogenated alkanes) is 3. The SMILES string of the molecule is CCCCCCOCCOc1ccc(-c2ccc(OC(=O)CCC(C)CC)cc2)nc1. The first-order chi connectivity index (χ1) is 15.1. The van der Waals surface area contributed by atoms with E-state index in [0.717, 1.165) is 42.9 Å². The first kappa shape index (κ1) is 24.9. The third-order valence-corrected chi connectivity index (χ3v) is 5.29. The van der Waals surface area contributed by atoms with Crippen LogP contribution >= 0.6 is 0 Å². The number of aromatic nitrogens is 1. The summed E-state index contributed by atoms with van der Waals surface area (Å²) in [6, 6.07) is 11.3. The lowest BCUT2D eigenvalue weighted by Gasteiger charge is -2.09. The van der Waals surface area contributed by atoms with Crippen molar-refractivity contribution < 1.29 is 19.0 Å². The number of rotatable bonds is 15. The average molecular weight is 428 g/mol. The molecule has 1 atom stereocenters. The van der Waals surface area contributed by atoms with Gasteiger partial charge in [0.1, 0.15) is 18.1 Å².